The first-order valence-electron chi connectivity index (χ1n) is 15.7. The fraction of sp³-hybridized carbons (Fsp3) is 0.444. The van der Waals surface area contributed by atoms with E-state index in [2.05, 4.69) is 89.6 Å². The molecule has 8 bridgehead atoms. The summed E-state index contributed by atoms with van der Waals surface area (Å²) in [5, 5.41) is 0. The van der Waals surface area contributed by atoms with Crippen molar-refractivity contribution in [2.75, 3.05) is 0 Å². The Morgan fingerprint density at radius 1 is 0.390 bits per heavy atom. The number of H-pyrrole nitrogens is 2. The van der Waals surface area contributed by atoms with Gasteiger partial charge in [0.2, 0.25) is 0 Å². The summed E-state index contributed by atoms with van der Waals surface area (Å²) >= 11 is 0. The average molecular weight is 730 g/mol. The first-order valence-corrected chi connectivity index (χ1v) is 15.7. The summed E-state index contributed by atoms with van der Waals surface area (Å²) in [6.07, 6.45) is 7.84. The molecule has 0 aliphatic carbocycles. The normalized spacial score (nSPS) is 13.3. The molecule has 5 heterocycles. The Labute approximate surface area is 260 Å². The number of allylic oxidation sites excluding steroid dienone is 4. The zero-order valence-corrected chi connectivity index (χ0v) is 28.4. The van der Waals surface area contributed by atoms with Crippen molar-refractivity contribution in [1.29, 1.82) is 0 Å². The minimum Gasteiger partial charge on any atom is -0.355 e. The van der Waals surface area contributed by atoms with Gasteiger partial charge in [-0.1, -0.05) is 55.4 Å². The maximum atomic E-state index is 5.29. The molecule has 5 heteroatoms. The number of hydrogen-bond acceptors (Lipinski definition) is 2. The van der Waals surface area contributed by atoms with Crippen LogP contribution in [-0.2, 0) is 46.7 Å². The van der Waals surface area contributed by atoms with Gasteiger partial charge in [-0.15, -0.1) is 0 Å². The number of hydrogen-bond donors (Lipinski definition) is 2. The van der Waals surface area contributed by atoms with E-state index in [1.165, 1.54) is 66.6 Å². The average Bonchev–Trinajstić information content (AvgIpc) is 3.67. The van der Waals surface area contributed by atoms with Crippen LogP contribution in [0.1, 0.15) is 126 Å². The number of nitrogens with one attached hydrogen (secondary N) is 2. The Kier molecular flexibility index (Phi) is 9.96. The van der Waals surface area contributed by atoms with Crippen molar-refractivity contribution < 1.29 is 21.1 Å². The fourth-order valence-electron chi connectivity index (χ4n) is 7.10. The zero-order chi connectivity index (χ0) is 28.6. The van der Waals surface area contributed by atoms with Crippen LogP contribution in [0.2, 0.25) is 0 Å². The van der Waals surface area contributed by atoms with E-state index in [-0.39, 0.29) is 21.1 Å². The van der Waals surface area contributed by atoms with Crippen molar-refractivity contribution in [3.05, 3.63) is 69.3 Å². The number of aromatic amines is 2. The summed E-state index contributed by atoms with van der Waals surface area (Å²) in [5.74, 6) is 0. The van der Waals surface area contributed by atoms with Gasteiger partial charge in [-0.05, 0) is 120 Å². The van der Waals surface area contributed by atoms with Crippen LogP contribution >= 0.6 is 0 Å². The van der Waals surface area contributed by atoms with E-state index in [0.717, 1.165) is 74.1 Å². The van der Waals surface area contributed by atoms with Crippen LogP contribution in [0.25, 0.3) is 44.4 Å². The summed E-state index contributed by atoms with van der Waals surface area (Å²) in [6.45, 7) is 18.1. The van der Waals surface area contributed by atoms with E-state index in [1.54, 1.807) is 0 Å². The molecule has 0 spiro atoms. The van der Waals surface area contributed by atoms with Gasteiger partial charge < -0.3 is 9.97 Å². The van der Waals surface area contributed by atoms with Crippen molar-refractivity contribution in [3.8, 4) is 0 Å². The van der Waals surface area contributed by atoms with Crippen molar-refractivity contribution >= 4 is 44.4 Å². The van der Waals surface area contributed by atoms with Gasteiger partial charge in [0.05, 0.1) is 22.8 Å². The molecule has 0 atom stereocenters. The zero-order valence-electron chi connectivity index (χ0n) is 26.2. The summed E-state index contributed by atoms with van der Waals surface area (Å²) in [6, 6.07) is 9.24. The van der Waals surface area contributed by atoms with Crippen LogP contribution in [0.15, 0.2) is 24.3 Å². The molecule has 0 saturated heterocycles. The van der Waals surface area contributed by atoms with E-state index in [1.807, 2.05) is 0 Å². The van der Waals surface area contributed by atoms with Gasteiger partial charge in [0.25, 0.3) is 0 Å². The maximum Gasteiger partial charge on any atom is 0.0693 e. The van der Waals surface area contributed by atoms with Crippen molar-refractivity contribution in [1.82, 2.24) is 19.9 Å². The molecule has 0 amide bonds. The standard InChI is InChI=1S/C36H46N4.Pt/c1-9-21-22(10-2)30-18-32-25(13-5)26(14-6)34(39-32)20-36-28(16-8)27(15-7)35(40-36)19-33-24(12-4)23(11-3)31(38-33)17-29(21)37-30;/h17-20,37,40H,9-16H2,1-8H3;. The van der Waals surface area contributed by atoms with E-state index in [0.29, 0.717) is 0 Å². The van der Waals surface area contributed by atoms with E-state index in [9.17, 15) is 0 Å². The van der Waals surface area contributed by atoms with Crippen LogP contribution in [0.5, 0.6) is 0 Å². The Morgan fingerprint density at radius 2 is 0.610 bits per heavy atom. The molecule has 3 aromatic heterocycles. The molecule has 220 valence electrons. The molecular weight excluding hydrogens is 684 g/mol. The van der Waals surface area contributed by atoms with E-state index < -0.39 is 0 Å². The molecule has 0 saturated carbocycles. The Hall–Kier alpha value is -2.71. The van der Waals surface area contributed by atoms with Crippen LogP contribution < -0.4 is 0 Å². The second-order valence-corrected chi connectivity index (χ2v) is 10.9. The molecule has 0 aromatic carbocycles. The SMILES string of the molecule is CCC1=C(CC)c2cc3[nH]c(cc4nc(cc5[nH]c(cc1n2)c(CC)c5CC)C(CC)=C4CC)c(CC)c3CC.[Pt]. The van der Waals surface area contributed by atoms with Gasteiger partial charge in [-0.25, -0.2) is 9.97 Å². The van der Waals surface area contributed by atoms with Gasteiger partial charge in [0.1, 0.15) is 0 Å². The fourth-order valence-corrected chi connectivity index (χ4v) is 7.10. The van der Waals surface area contributed by atoms with Crippen molar-refractivity contribution in [3.63, 3.8) is 0 Å². The Bertz CT molecular complexity index is 1440. The second-order valence-electron chi connectivity index (χ2n) is 10.9. The summed E-state index contributed by atoms with van der Waals surface area (Å²) in [5.41, 5.74) is 20.2. The first kappa shape index (κ1) is 31.2. The topological polar surface area (TPSA) is 57.4 Å². The van der Waals surface area contributed by atoms with Crippen LogP contribution in [0, 0.1) is 0 Å². The molecule has 2 N–H and O–H groups in total. The molecular formula is C36H46N4Pt. The number of fused-ring (bicyclic) bond motifs is 8. The van der Waals surface area contributed by atoms with Crippen molar-refractivity contribution in [2.24, 2.45) is 0 Å². The molecule has 2 aliphatic heterocycles. The summed E-state index contributed by atoms with van der Waals surface area (Å²) < 4.78 is 0. The molecule has 4 nitrogen and oxygen atoms in total. The van der Waals surface area contributed by atoms with Crippen LogP contribution in [0.4, 0.5) is 0 Å². The minimum atomic E-state index is 0. The smallest absolute Gasteiger partial charge is 0.0693 e. The van der Waals surface area contributed by atoms with Gasteiger partial charge in [-0.2, -0.15) is 0 Å². The number of aryl methyl sites for hydroxylation is 4. The predicted octanol–water partition coefficient (Wildman–Crippen LogP) is 10.0. The monoisotopic (exact) mass is 729 g/mol. The molecule has 2 aliphatic rings. The third-order valence-corrected chi connectivity index (χ3v) is 8.97. The molecule has 0 radical (unpaired) electrons. The van der Waals surface area contributed by atoms with Crippen LogP contribution in [0.3, 0.4) is 0 Å². The van der Waals surface area contributed by atoms with E-state index >= 15 is 0 Å². The summed E-state index contributed by atoms with van der Waals surface area (Å²) in [7, 11) is 0. The quantitative estimate of drug-likeness (QED) is 0.243. The number of rotatable bonds is 8. The number of nitrogens with zero attached hydrogens (tertiary/aromatic N) is 2. The van der Waals surface area contributed by atoms with Gasteiger partial charge in [0.15, 0.2) is 0 Å². The largest absolute Gasteiger partial charge is 0.355 e. The Balaban J connectivity index is 0.00000387. The summed E-state index contributed by atoms with van der Waals surface area (Å²) in [4.78, 5) is 18.2. The van der Waals surface area contributed by atoms with E-state index in [4.69, 9.17) is 9.97 Å². The van der Waals surface area contributed by atoms with Gasteiger partial charge in [-0.3, -0.25) is 0 Å². The second kappa shape index (κ2) is 13.1. The first-order chi connectivity index (χ1) is 19.5. The van der Waals surface area contributed by atoms with Crippen LogP contribution in [-0.4, -0.2) is 19.9 Å². The van der Waals surface area contributed by atoms with Gasteiger partial charge >= 0.3 is 0 Å². The third kappa shape index (κ3) is 5.34. The molecule has 0 unspecified atom stereocenters. The minimum absolute atomic E-state index is 0. The number of aromatic nitrogens is 4. The van der Waals surface area contributed by atoms with Crippen molar-refractivity contribution in [2.45, 2.75) is 107 Å². The third-order valence-electron chi connectivity index (χ3n) is 8.97. The molecule has 5 rings (SSSR count). The molecule has 0 fully saturated rings. The van der Waals surface area contributed by atoms with Gasteiger partial charge in [0, 0.05) is 43.1 Å². The molecule has 41 heavy (non-hydrogen) atoms. The predicted molar refractivity (Wildman–Crippen MR) is 173 cm³/mol. The maximum absolute atomic E-state index is 5.29. The molecule has 3 aromatic rings. The Morgan fingerprint density at radius 3 is 0.780 bits per heavy atom.